The minimum absolute atomic E-state index is 1.15. The number of rotatable bonds is 4. The van der Waals surface area contributed by atoms with Crippen LogP contribution in [0.2, 0.25) is 0 Å². The van der Waals surface area contributed by atoms with Gasteiger partial charge < -0.3 is 13.7 Å². The molecule has 0 bridgehead atoms. The largest absolute Gasteiger partial charge is 0.317 e. The Hall–Kier alpha value is -6.84. The minimum atomic E-state index is 1.15. The van der Waals surface area contributed by atoms with E-state index in [-0.39, 0.29) is 0 Å². The normalized spacial score (nSPS) is 11.9. The molecule has 3 nitrogen and oxygen atoms in total. The topological polar surface area (TPSA) is 14.8 Å². The monoisotopic (exact) mass is 649 g/mol. The fourth-order valence-electron chi connectivity index (χ4n) is 8.42. The van der Waals surface area contributed by atoms with Crippen LogP contribution < -0.4 is 0 Å². The van der Waals surface area contributed by atoms with Crippen molar-refractivity contribution in [2.24, 2.45) is 0 Å². The van der Waals surface area contributed by atoms with Crippen LogP contribution in [0.3, 0.4) is 0 Å². The van der Waals surface area contributed by atoms with Gasteiger partial charge in [-0.15, -0.1) is 0 Å². The Bertz CT molecular complexity index is 3120. The van der Waals surface area contributed by atoms with E-state index in [1.807, 2.05) is 0 Å². The Balaban J connectivity index is 1.09. The molecule has 0 aliphatic heterocycles. The van der Waals surface area contributed by atoms with E-state index in [1.54, 1.807) is 0 Å². The van der Waals surface area contributed by atoms with Crippen molar-refractivity contribution in [3.63, 3.8) is 0 Å². The standard InChI is InChI=1S/C48H31N3/c1-3-13-34(14-4-1)49-29-28-39-37-23-27-47-48(40(37)24-26-43(39)49)41-19-8-10-21-45(41)51(47)36-17-11-12-32(30-36)33-22-25-46-42(31-33)38-18-7-9-20-44(38)50(46)35-15-5-2-6-16-35/h1-31H. The Labute approximate surface area is 294 Å². The molecule has 0 aliphatic rings. The number of para-hydroxylation sites is 4. The van der Waals surface area contributed by atoms with Crippen molar-refractivity contribution in [1.29, 1.82) is 0 Å². The van der Waals surface area contributed by atoms with Gasteiger partial charge in [0, 0.05) is 50.2 Å². The first-order valence-electron chi connectivity index (χ1n) is 17.5. The third-order valence-electron chi connectivity index (χ3n) is 10.7. The average Bonchev–Trinajstić information content (AvgIpc) is 3.89. The summed E-state index contributed by atoms with van der Waals surface area (Å²) in [5.41, 5.74) is 12.0. The summed E-state index contributed by atoms with van der Waals surface area (Å²) in [5.74, 6) is 0. The van der Waals surface area contributed by atoms with Crippen molar-refractivity contribution in [2.75, 3.05) is 0 Å². The summed E-state index contributed by atoms with van der Waals surface area (Å²) in [6, 6.07) is 66.2. The summed E-state index contributed by atoms with van der Waals surface area (Å²) in [7, 11) is 0. The molecule has 238 valence electrons. The van der Waals surface area contributed by atoms with Crippen molar-refractivity contribution in [3.05, 3.63) is 188 Å². The number of hydrogen-bond acceptors (Lipinski definition) is 0. The molecule has 0 saturated carbocycles. The van der Waals surface area contributed by atoms with E-state index in [0.29, 0.717) is 0 Å². The van der Waals surface area contributed by atoms with Crippen LogP contribution >= 0.6 is 0 Å². The number of nitrogens with zero attached hydrogens (tertiary/aromatic N) is 3. The lowest BCUT2D eigenvalue weighted by atomic mass is 10.0. The van der Waals surface area contributed by atoms with E-state index < -0.39 is 0 Å². The molecule has 3 aromatic heterocycles. The molecule has 11 aromatic rings. The van der Waals surface area contributed by atoms with E-state index in [2.05, 4.69) is 202 Å². The molecule has 0 spiro atoms. The van der Waals surface area contributed by atoms with Crippen molar-refractivity contribution >= 4 is 65.3 Å². The first-order valence-corrected chi connectivity index (χ1v) is 17.5. The number of hydrogen-bond donors (Lipinski definition) is 0. The lowest BCUT2D eigenvalue weighted by Crippen LogP contribution is -1.95. The van der Waals surface area contributed by atoms with Gasteiger partial charge in [0.05, 0.1) is 27.6 Å². The van der Waals surface area contributed by atoms with Gasteiger partial charge in [0.2, 0.25) is 0 Å². The second kappa shape index (κ2) is 10.8. The zero-order valence-corrected chi connectivity index (χ0v) is 27.7. The van der Waals surface area contributed by atoms with Gasteiger partial charge >= 0.3 is 0 Å². The summed E-state index contributed by atoms with van der Waals surface area (Å²) in [5, 5.41) is 8.89. The number of fused-ring (bicyclic) bond motifs is 10. The highest BCUT2D eigenvalue weighted by Gasteiger charge is 2.18. The molecular weight excluding hydrogens is 619 g/mol. The molecular formula is C48H31N3. The van der Waals surface area contributed by atoms with Gasteiger partial charge in [0.25, 0.3) is 0 Å². The molecule has 0 atom stereocenters. The molecule has 0 saturated heterocycles. The van der Waals surface area contributed by atoms with Gasteiger partial charge in [-0.2, -0.15) is 0 Å². The maximum atomic E-state index is 2.44. The molecule has 3 heterocycles. The Morgan fingerprint density at radius 2 is 0.843 bits per heavy atom. The SMILES string of the molecule is c1ccc(-n2ccc3c4ccc5c(c4ccc32)c2ccccc2n5-c2cccc(-c3ccc4c(c3)c3ccccc3n4-c3ccccc3)c2)cc1. The van der Waals surface area contributed by atoms with E-state index in [4.69, 9.17) is 0 Å². The third kappa shape index (κ3) is 4.12. The molecule has 0 aliphatic carbocycles. The third-order valence-corrected chi connectivity index (χ3v) is 10.7. The first-order chi connectivity index (χ1) is 25.3. The van der Waals surface area contributed by atoms with Crippen LogP contribution in [0.5, 0.6) is 0 Å². The second-order valence-electron chi connectivity index (χ2n) is 13.4. The Kier molecular flexibility index (Phi) is 5.96. The quantitative estimate of drug-likeness (QED) is 0.180. The number of aromatic nitrogens is 3. The molecule has 3 heteroatoms. The van der Waals surface area contributed by atoms with Gasteiger partial charge in [-0.05, 0) is 101 Å². The van der Waals surface area contributed by atoms with E-state index >= 15 is 0 Å². The molecule has 11 rings (SSSR count). The lowest BCUT2D eigenvalue weighted by molar-refractivity contribution is 1.13. The van der Waals surface area contributed by atoms with Crippen molar-refractivity contribution in [2.45, 2.75) is 0 Å². The van der Waals surface area contributed by atoms with Gasteiger partial charge in [0.1, 0.15) is 0 Å². The second-order valence-corrected chi connectivity index (χ2v) is 13.4. The molecule has 0 amide bonds. The highest BCUT2D eigenvalue weighted by atomic mass is 15.0. The molecule has 0 unspecified atom stereocenters. The Morgan fingerprint density at radius 1 is 0.275 bits per heavy atom. The van der Waals surface area contributed by atoms with E-state index in [0.717, 1.165) is 5.69 Å². The van der Waals surface area contributed by atoms with Crippen LogP contribution in [0.4, 0.5) is 0 Å². The summed E-state index contributed by atoms with van der Waals surface area (Å²) in [6.07, 6.45) is 2.19. The van der Waals surface area contributed by atoms with Gasteiger partial charge in [-0.25, -0.2) is 0 Å². The summed E-state index contributed by atoms with van der Waals surface area (Å²) < 4.78 is 7.09. The van der Waals surface area contributed by atoms with Crippen LogP contribution in [0.25, 0.3) is 93.5 Å². The number of benzene rings is 8. The smallest absolute Gasteiger partial charge is 0.0547 e. The molecule has 8 aromatic carbocycles. The minimum Gasteiger partial charge on any atom is -0.317 e. The summed E-state index contributed by atoms with van der Waals surface area (Å²) >= 11 is 0. The highest BCUT2D eigenvalue weighted by Crippen LogP contribution is 2.41. The fourth-order valence-corrected chi connectivity index (χ4v) is 8.42. The van der Waals surface area contributed by atoms with Gasteiger partial charge in [-0.1, -0.05) is 103 Å². The van der Waals surface area contributed by atoms with Gasteiger partial charge in [-0.3, -0.25) is 0 Å². The summed E-state index contributed by atoms with van der Waals surface area (Å²) in [4.78, 5) is 0. The highest BCUT2D eigenvalue weighted by molar-refractivity contribution is 6.25. The average molecular weight is 650 g/mol. The maximum absolute atomic E-state index is 2.44. The van der Waals surface area contributed by atoms with Crippen molar-refractivity contribution in [3.8, 4) is 28.2 Å². The lowest BCUT2D eigenvalue weighted by Gasteiger charge is -2.12. The molecule has 0 radical (unpaired) electrons. The predicted molar refractivity (Wildman–Crippen MR) is 215 cm³/mol. The van der Waals surface area contributed by atoms with Crippen LogP contribution in [0, 0.1) is 0 Å². The Morgan fingerprint density at radius 3 is 1.67 bits per heavy atom. The zero-order chi connectivity index (χ0) is 33.5. The van der Waals surface area contributed by atoms with Crippen LogP contribution in [-0.4, -0.2) is 13.7 Å². The van der Waals surface area contributed by atoms with Crippen molar-refractivity contribution in [1.82, 2.24) is 13.7 Å². The molecule has 0 N–H and O–H groups in total. The van der Waals surface area contributed by atoms with Crippen LogP contribution in [0.1, 0.15) is 0 Å². The maximum Gasteiger partial charge on any atom is 0.0547 e. The van der Waals surface area contributed by atoms with E-state index in [9.17, 15) is 0 Å². The molecule has 51 heavy (non-hydrogen) atoms. The van der Waals surface area contributed by atoms with Crippen LogP contribution in [0.15, 0.2) is 188 Å². The molecule has 0 fully saturated rings. The predicted octanol–water partition coefficient (Wildman–Crippen LogP) is 12.6. The summed E-state index contributed by atoms with van der Waals surface area (Å²) in [6.45, 7) is 0. The van der Waals surface area contributed by atoms with Gasteiger partial charge in [0.15, 0.2) is 0 Å². The zero-order valence-electron chi connectivity index (χ0n) is 27.7. The fraction of sp³-hybridized carbons (Fsp3) is 0. The van der Waals surface area contributed by atoms with Crippen molar-refractivity contribution < 1.29 is 0 Å². The van der Waals surface area contributed by atoms with E-state index in [1.165, 1.54) is 87.8 Å². The first kappa shape index (κ1) is 28.0. The van der Waals surface area contributed by atoms with Crippen LogP contribution in [-0.2, 0) is 0 Å².